The standard InChI is InChI=1S/C9H9NO5/c1-6(12)15-9-4-8(10(13)14)3-2-7(9)5-11/h2-4,11H,5H2,1H3. The molecule has 0 aromatic heterocycles. The van der Waals surface area contributed by atoms with E-state index in [0.29, 0.717) is 5.56 Å². The Hall–Kier alpha value is -1.95. The number of rotatable bonds is 3. The summed E-state index contributed by atoms with van der Waals surface area (Å²) >= 11 is 0. The van der Waals surface area contributed by atoms with Gasteiger partial charge in [0.1, 0.15) is 5.75 Å². The van der Waals surface area contributed by atoms with Crippen LogP contribution in [-0.2, 0) is 11.4 Å². The summed E-state index contributed by atoms with van der Waals surface area (Å²) in [7, 11) is 0. The number of esters is 1. The molecule has 0 bridgehead atoms. The molecule has 15 heavy (non-hydrogen) atoms. The SMILES string of the molecule is CC(=O)Oc1cc([N+](=O)[O-])ccc1CO. The molecule has 0 spiro atoms. The molecule has 0 amide bonds. The van der Waals surface area contributed by atoms with Gasteiger partial charge in [-0.15, -0.1) is 0 Å². The highest BCUT2D eigenvalue weighted by molar-refractivity contribution is 5.70. The molecule has 1 N–H and O–H groups in total. The van der Waals surface area contributed by atoms with Crippen molar-refractivity contribution in [1.29, 1.82) is 0 Å². The van der Waals surface area contributed by atoms with Crippen LogP contribution in [0, 0.1) is 10.1 Å². The third-order valence-corrected chi connectivity index (χ3v) is 1.69. The lowest BCUT2D eigenvalue weighted by molar-refractivity contribution is -0.384. The fourth-order valence-electron chi connectivity index (χ4n) is 1.04. The molecule has 0 aliphatic heterocycles. The predicted molar refractivity (Wildman–Crippen MR) is 50.3 cm³/mol. The molecule has 0 saturated heterocycles. The first-order valence-electron chi connectivity index (χ1n) is 4.11. The first kappa shape index (κ1) is 11.1. The van der Waals surface area contributed by atoms with Crippen molar-refractivity contribution in [2.45, 2.75) is 13.5 Å². The zero-order valence-electron chi connectivity index (χ0n) is 7.97. The number of aliphatic hydroxyl groups excluding tert-OH is 1. The lowest BCUT2D eigenvalue weighted by Crippen LogP contribution is -2.04. The number of carbonyl (C=O) groups is 1. The molecule has 0 heterocycles. The van der Waals surface area contributed by atoms with Crippen LogP contribution < -0.4 is 4.74 Å². The molecule has 0 aliphatic carbocycles. The van der Waals surface area contributed by atoms with Crippen molar-refractivity contribution < 1.29 is 19.6 Å². The Morgan fingerprint density at radius 2 is 2.27 bits per heavy atom. The smallest absolute Gasteiger partial charge is 0.308 e. The lowest BCUT2D eigenvalue weighted by Gasteiger charge is -2.05. The van der Waals surface area contributed by atoms with E-state index in [4.69, 9.17) is 9.84 Å². The van der Waals surface area contributed by atoms with Crippen molar-refractivity contribution >= 4 is 11.7 Å². The Balaban J connectivity index is 3.12. The Morgan fingerprint density at radius 3 is 2.73 bits per heavy atom. The van der Waals surface area contributed by atoms with Gasteiger partial charge in [0.25, 0.3) is 5.69 Å². The zero-order chi connectivity index (χ0) is 11.4. The fraction of sp³-hybridized carbons (Fsp3) is 0.222. The van der Waals surface area contributed by atoms with E-state index >= 15 is 0 Å². The maximum Gasteiger partial charge on any atom is 0.308 e. The predicted octanol–water partition coefficient (Wildman–Crippen LogP) is 1.01. The van der Waals surface area contributed by atoms with Crippen LogP contribution in [0.15, 0.2) is 18.2 Å². The van der Waals surface area contributed by atoms with E-state index in [0.717, 1.165) is 6.07 Å². The second kappa shape index (κ2) is 4.52. The van der Waals surface area contributed by atoms with Gasteiger partial charge in [0.05, 0.1) is 17.6 Å². The summed E-state index contributed by atoms with van der Waals surface area (Å²) in [4.78, 5) is 20.5. The van der Waals surface area contributed by atoms with Gasteiger partial charge < -0.3 is 9.84 Å². The number of non-ortho nitro benzene ring substituents is 1. The molecule has 80 valence electrons. The van der Waals surface area contributed by atoms with Crippen molar-refractivity contribution in [2.24, 2.45) is 0 Å². The summed E-state index contributed by atoms with van der Waals surface area (Å²) < 4.78 is 4.72. The van der Waals surface area contributed by atoms with Crippen LogP contribution in [0.5, 0.6) is 5.75 Å². The van der Waals surface area contributed by atoms with E-state index in [1.54, 1.807) is 0 Å². The van der Waals surface area contributed by atoms with Gasteiger partial charge in [-0.2, -0.15) is 0 Å². The molecule has 0 atom stereocenters. The maximum atomic E-state index is 10.7. The van der Waals surface area contributed by atoms with Crippen LogP contribution in [-0.4, -0.2) is 16.0 Å². The molecule has 1 rings (SSSR count). The average molecular weight is 211 g/mol. The van der Waals surface area contributed by atoms with E-state index in [2.05, 4.69) is 0 Å². The Morgan fingerprint density at radius 1 is 1.60 bits per heavy atom. The second-order valence-corrected chi connectivity index (χ2v) is 2.80. The number of nitro groups is 1. The molecule has 1 aromatic rings. The summed E-state index contributed by atoms with van der Waals surface area (Å²) in [5.41, 5.74) is 0.138. The van der Waals surface area contributed by atoms with Gasteiger partial charge in [-0.3, -0.25) is 14.9 Å². The monoisotopic (exact) mass is 211 g/mol. The fourth-order valence-corrected chi connectivity index (χ4v) is 1.04. The van der Waals surface area contributed by atoms with E-state index in [1.807, 2.05) is 0 Å². The lowest BCUT2D eigenvalue weighted by atomic mass is 10.2. The number of hydrogen-bond donors (Lipinski definition) is 1. The molecule has 0 radical (unpaired) electrons. The molecule has 1 aromatic carbocycles. The van der Waals surface area contributed by atoms with Crippen molar-refractivity contribution in [2.75, 3.05) is 0 Å². The number of nitro benzene ring substituents is 1. The minimum absolute atomic E-state index is 0.0131. The van der Waals surface area contributed by atoms with E-state index < -0.39 is 10.9 Å². The summed E-state index contributed by atoms with van der Waals surface area (Å²) in [6.07, 6.45) is 0. The highest BCUT2D eigenvalue weighted by Crippen LogP contribution is 2.24. The topological polar surface area (TPSA) is 89.7 Å². The average Bonchev–Trinajstić information content (AvgIpc) is 2.16. The number of ether oxygens (including phenoxy) is 1. The van der Waals surface area contributed by atoms with Gasteiger partial charge in [-0.05, 0) is 6.07 Å². The number of nitrogens with zero attached hydrogens (tertiary/aromatic N) is 1. The van der Waals surface area contributed by atoms with Gasteiger partial charge in [0.15, 0.2) is 0 Å². The minimum Gasteiger partial charge on any atom is -0.426 e. The Labute approximate surface area is 85.2 Å². The molecule has 0 aliphatic rings. The van der Waals surface area contributed by atoms with Crippen molar-refractivity contribution in [3.8, 4) is 5.75 Å². The number of aliphatic hydroxyl groups is 1. The normalized spacial score (nSPS) is 9.73. The van der Waals surface area contributed by atoms with Crippen LogP contribution >= 0.6 is 0 Å². The van der Waals surface area contributed by atoms with Gasteiger partial charge in [-0.1, -0.05) is 0 Å². The molecule has 6 nitrogen and oxygen atoms in total. The first-order valence-corrected chi connectivity index (χ1v) is 4.11. The molecule has 0 unspecified atom stereocenters. The molecular formula is C9H9NO5. The summed E-state index contributed by atoms with van der Waals surface area (Å²) in [5.74, 6) is -0.579. The molecule has 0 fully saturated rings. The second-order valence-electron chi connectivity index (χ2n) is 2.80. The van der Waals surface area contributed by atoms with Crippen LogP contribution in [0.2, 0.25) is 0 Å². The number of hydrogen-bond acceptors (Lipinski definition) is 5. The van der Waals surface area contributed by atoms with E-state index in [1.165, 1.54) is 19.1 Å². The first-order chi connectivity index (χ1) is 7.04. The van der Waals surface area contributed by atoms with Gasteiger partial charge >= 0.3 is 5.97 Å². The van der Waals surface area contributed by atoms with E-state index in [9.17, 15) is 14.9 Å². The Bertz CT molecular complexity index is 401. The third-order valence-electron chi connectivity index (χ3n) is 1.69. The van der Waals surface area contributed by atoms with Crippen LogP contribution in [0.4, 0.5) is 5.69 Å². The van der Waals surface area contributed by atoms with Gasteiger partial charge in [0.2, 0.25) is 0 Å². The van der Waals surface area contributed by atoms with Crippen LogP contribution in [0.3, 0.4) is 0 Å². The third kappa shape index (κ3) is 2.75. The summed E-state index contributed by atoms with van der Waals surface area (Å²) in [6, 6.07) is 3.68. The van der Waals surface area contributed by atoms with Crippen LogP contribution in [0.25, 0.3) is 0 Å². The molecule has 6 heteroatoms. The summed E-state index contributed by atoms with van der Waals surface area (Å²) in [5, 5.41) is 19.3. The minimum atomic E-state index is -0.603. The largest absolute Gasteiger partial charge is 0.426 e. The molecule has 0 saturated carbocycles. The van der Waals surface area contributed by atoms with Gasteiger partial charge in [0, 0.05) is 18.6 Å². The van der Waals surface area contributed by atoms with Crippen molar-refractivity contribution in [1.82, 2.24) is 0 Å². The van der Waals surface area contributed by atoms with Crippen molar-refractivity contribution in [3.05, 3.63) is 33.9 Å². The quantitative estimate of drug-likeness (QED) is 0.349. The van der Waals surface area contributed by atoms with E-state index in [-0.39, 0.29) is 18.0 Å². The Kier molecular flexibility index (Phi) is 3.35. The highest BCUT2D eigenvalue weighted by Gasteiger charge is 2.12. The number of benzene rings is 1. The zero-order valence-corrected chi connectivity index (χ0v) is 7.97. The maximum absolute atomic E-state index is 10.7. The number of carbonyl (C=O) groups excluding carboxylic acids is 1. The highest BCUT2D eigenvalue weighted by atomic mass is 16.6. The van der Waals surface area contributed by atoms with Crippen LogP contribution in [0.1, 0.15) is 12.5 Å². The summed E-state index contributed by atoms with van der Waals surface area (Å²) in [6.45, 7) is 0.834. The van der Waals surface area contributed by atoms with Crippen molar-refractivity contribution in [3.63, 3.8) is 0 Å². The molecular weight excluding hydrogens is 202 g/mol. The van der Waals surface area contributed by atoms with Gasteiger partial charge in [-0.25, -0.2) is 0 Å².